The molecule has 52 heavy (non-hydrogen) atoms. The zero-order valence-corrected chi connectivity index (χ0v) is 31.6. The Balaban J connectivity index is 1.31. The Morgan fingerprint density at radius 3 is 2.56 bits per heavy atom. The fourth-order valence-electron chi connectivity index (χ4n) is 7.24. The minimum absolute atomic E-state index is 0.105. The van der Waals surface area contributed by atoms with Gasteiger partial charge in [0.2, 0.25) is 21.8 Å². The number of nitrogens with one attached hydrogen (secondary N) is 2. The smallest absolute Gasteiger partial charge is 0.407 e. The summed E-state index contributed by atoms with van der Waals surface area (Å²) in [7, 11) is -4.42. The maximum Gasteiger partial charge on any atom is 0.407 e. The highest BCUT2D eigenvalue weighted by Crippen LogP contribution is 2.60. The number of alkyl carbamates (subject to hydrolysis) is 1. The lowest BCUT2D eigenvalue weighted by molar-refractivity contribution is -0.137. The van der Waals surface area contributed by atoms with Gasteiger partial charge >= 0.3 is 6.09 Å². The van der Waals surface area contributed by atoms with Crippen LogP contribution in [-0.4, -0.2) is 82.7 Å². The molecule has 278 valence electrons. The fraction of sp³-hybridized carbons (Fsp3) is 0.538. The molecule has 13 heteroatoms. The number of aryl methyl sites for hydroxylation is 1. The Kier molecular flexibility index (Phi) is 11.9. The molecule has 2 saturated carbocycles. The van der Waals surface area contributed by atoms with E-state index in [-0.39, 0.29) is 30.9 Å². The number of amides is 3. The second-order valence-corrected chi connectivity index (χ2v) is 18.1. The van der Waals surface area contributed by atoms with Crippen molar-refractivity contribution in [2.24, 2.45) is 5.92 Å². The lowest BCUT2D eigenvalue weighted by Crippen LogP contribution is -2.53. The molecule has 6 rings (SSSR count). The highest BCUT2D eigenvalue weighted by Gasteiger charge is 2.62. The molecule has 0 spiro atoms. The van der Waals surface area contributed by atoms with Crippen molar-refractivity contribution in [1.29, 1.82) is 0 Å². The third-order valence-corrected chi connectivity index (χ3v) is 14.2. The highest BCUT2D eigenvalue weighted by atomic mass is 32.2. The van der Waals surface area contributed by atoms with E-state index in [9.17, 15) is 27.6 Å². The molecule has 3 amide bonds. The van der Waals surface area contributed by atoms with Gasteiger partial charge in [-0.25, -0.2) is 13.2 Å². The van der Waals surface area contributed by atoms with Gasteiger partial charge < -0.3 is 24.5 Å². The Bertz CT molecular complexity index is 1770. The van der Waals surface area contributed by atoms with Gasteiger partial charge in [0.1, 0.15) is 23.3 Å². The number of sulfonamides is 1. The number of hydrogen-bond donors (Lipinski definition) is 2. The van der Waals surface area contributed by atoms with Crippen molar-refractivity contribution in [1.82, 2.24) is 14.9 Å². The number of nitrogens with zero attached hydrogens (tertiary/aromatic N) is 1. The van der Waals surface area contributed by atoms with Crippen LogP contribution in [0.2, 0.25) is 5.04 Å². The summed E-state index contributed by atoms with van der Waals surface area (Å²) in [6.07, 6.45) is 7.91. The summed E-state index contributed by atoms with van der Waals surface area (Å²) in [5.74, 6) is -0.757. The number of carbonyl (C=O) groups excluding carboxylic acids is 4. The van der Waals surface area contributed by atoms with E-state index in [0.29, 0.717) is 44.3 Å². The molecule has 2 aromatic carbocycles. The predicted octanol–water partition coefficient (Wildman–Crippen LogP) is 5.31. The first-order valence-electron chi connectivity index (χ1n) is 18.6. The van der Waals surface area contributed by atoms with E-state index < -0.39 is 65.9 Å². The molecular formula is C39H49N3O8SSi. The molecule has 2 aliphatic heterocycles. The fourth-order valence-corrected chi connectivity index (χ4v) is 10.4. The highest BCUT2D eigenvalue weighted by molar-refractivity contribution is 7.91. The molecule has 2 bridgehead atoms. The lowest BCUT2D eigenvalue weighted by atomic mass is 9.99. The van der Waals surface area contributed by atoms with Crippen molar-refractivity contribution in [2.75, 3.05) is 13.2 Å². The Morgan fingerprint density at radius 2 is 1.85 bits per heavy atom. The van der Waals surface area contributed by atoms with Crippen molar-refractivity contribution in [3.63, 3.8) is 0 Å². The first-order chi connectivity index (χ1) is 25.0. The minimum atomic E-state index is -3.83. The quantitative estimate of drug-likeness (QED) is 0.232. The molecular weight excluding hydrogens is 699 g/mol. The van der Waals surface area contributed by atoms with E-state index in [2.05, 4.69) is 28.8 Å². The Labute approximate surface area is 309 Å². The number of hydrogen-bond acceptors (Lipinski definition) is 8. The van der Waals surface area contributed by atoms with E-state index in [1.165, 1.54) is 4.90 Å². The van der Waals surface area contributed by atoms with Gasteiger partial charge in [0.25, 0.3) is 0 Å². The average Bonchev–Trinajstić information content (AvgIpc) is 4.06. The van der Waals surface area contributed by atoms with Crippen LogP contribution in [0.1, 0.15) is 83.1 Å². The molecule has 2 heterocycles. The van der Waals surface area contributed by atoms with E-state index >= 15 is 0 Å². The summed E-state index contributed by atoms with van der Waals surface area (Å²) in [5.41, 5.74) is 3.06. The SMILES string of the molecule is C=C[C@@H]1C[C@]1([Si]C(=O)[C@@H]1C[C@@H]2CN1C(=O)[C@H](CCCC)NC(=O)OCCCCCCc1ccc(-c3ccccc3)cc1O2)C(=O)NS(=O)(=O)C1CC1. The van der Waals surface area contributed by atoms with Gasteiger partial charge in [-0.05, 0) is 73.6 Å². The van der Waals surface area contributed by atoms with Crippen LogP contribution in [-0.2, 0) is 35.6 Å². The van der Waals surface area contributed by atoms with Gasteiger partial charge in [0, 0.05) is 6.42 Å². The number of benzene rings is 2. The van der Waals surface area contributed by atoms with Gasteiger partial charge in [0.05, 0.1) is 29.5 Å². The molecule has 2 aliphatic carbocycles. The van der Waals surface area contributed by atoms with Crippen molar-refractivity contribution in [3.8, 4) is 16.9 Å². The van der Waals surface area contributed by atoms with Gasteiger partial charge in [-0.1, -0.05) is 81.1 Å². The van der Waals surface area contributed by atoms with E-state index in [0.717, 1.165) is 48.8 Å². The topological polar surface area (TPSA) is 148 Å². The first-order valence-corrected chi connectivity index (χ1v) is 21.2. The molecule has 3 fully saturated rings. The Hall–Kier alpha value is -3.97. The van der Waals surface area contributed by atoms with Crippen LogP contribution >= 0.6 is 0 Å². The van der Waals surface area contributed by atoms with Crippen LogP contribution in [0.3, 0.4) is 0 Å². The summed E-state index contributed by atoms with van der Waals surface area (Å²) in [4.78, 5) is 56.7. The molecule has 0 unspecified atom stereocenters. The standard InChI is InChI=1S/C39H49N3O8SSi/c1-3-5-16-32-35(43)42-25-30(23-33(42)36(44)52-39(24-29(39)4-2)37(45)41-51(47,48)31-19-20-31)50-34-22-28(26-13-10-8-11-14-26)18-17-27(34)15-9-6-7-12-21-49-38(46)40-32/h4,8,10-11,13-14,17-18,22,29-33H,2-3,5-7,9,12,15-16,19-21,23-25H2,1H3,(H,40,46)(H,41,45)/t29-,30-,32+,33+,39-/m1/s1. The summed E-state index contributed by atoms with van der Waals surface area (Å²) in [6.45, 7) is 6.17. The maximum absolute atomic E-state index is 14.4. The maximum atomic E-state index is 14.4. The predicted molar refractivity (Wildman–Crippen MR) is 198 cm³/mol. The van der Waals surface area contributed by atoms with Crippen molar-refractivity contribution in [2.45, 2.75) is 112 Å². The molecule has 2 radical (unpaired) electrons. The number of cyclic esters (lactones) is 1. The van der Waals surface area contributed by atoms with Crippen LogP contribution in [0, 0.1) is 5.92 Å². The van der Waals surface area contributed by atoms with Gasteiger partial charge in [-0.15, -0.1) is 6.58 Å². The lowest BCUT2D eigenvalue weighted by Gasteiger charge is -2.29. The number of rotatable bonds is 11. The number of ether oxygens (including phenoxy) is 2. The van der Waals surface area contributed by atoms with Crippen LogP contribution in [0.5, 0.6) is 5.75 Å². The molecule has 2 aromatic rings. The van der Waals surface area contributed by atoms with E-state index in [1.54, 1.807) is 6.08 Å². The van der Waals surface area contributed by atoms with Gasteiger partial charge in [-0.2, -0.15) is 0 Å². The number of carbonyl (C=O) groups is 4. The third kappa shape index (κ3) is 8.79. The zero-order valence-electron chi connectivity index (χ0n) is 29.8. The van der Waals surface area contributed by atoms with Crippen LogP contribution in [0.15, 0.2) is 61.2 Å². The van der Waals surface area contributed by atoms with Gasteiger partial charge in [-0.3, -0.25) is 14.3 Å². The van der Waals surface area contributed by atoms with Crippen LogP contribution in [0.4, 0.5) is 4.79 Å². The largest absolute Gasteiger partial charge is 0.488 e. The molecule has 11 nitrogen and oxygen atoms in total. The minimum Gasteiger partial charge on any atom is -0.488 e. The van der Waals surface area contributed by atoms with Crippen LogP contribution < -0.4 is 14.8 Å². The third-order valence-electron chi connectivity index (χ3n) is 10.6. The Morgan fingerprint density at radius 1 is 1.08 bits per heavy atom. The average molecular weight is 748 g/mol. The second-order valence-electron chi connectivity index (χ2n) is 14.5. The van der Waals surface area contributed by atoms with E-state index in [4.69, 9.17) is 9.47 Å². The van der Waals surface area contributed by atoms with E-state index in [1.807, 2.05) is 43.3 Å². The normalized spacial score (nSPS) is 26.9. The summed E-state index contributed by atoms with van der Waals surface area (Å²) in [5, 5.41) is 0.621. The van der Waals surface area contributed by atoms with Crippen LogP contribution in [0.25, 0.3) is 11.1 Å². The van der Waals surface area contributed by atoms with Crippen molar-refractivity contribution in [3.05, 3.63) is 66.7 Å². The van der Waals surface area contributed by atoms with Gasteiger partial charge in [0.15, 0.2) is 9.52 Å². The number of unbranched alkanes of at least 4 members (excludes halogenated alkanes) is 1. The monoisotopic (exact) mass is 747 g/mol. The number of allylic oxidation sites excluding steroid dienone is 1. The summed E-state index contributed by atoms with van der Waals surface area (Å²) < 4.78 is 39.9. The first kappa shape index (κ1) is 37.8. The molecule has 5 atom stereocenters. The van der Waals surface area contributed by atoms with Crippen molar-refractivity contribution >= 4 is 42.9 Å². The van der Waals surface area contributed by atoms with Crippen molar-refractivity contribution < 1.29 is 37.1 Å². The number of fused-ring (bicyclic) bond motifs is 3. The molecule has 2 N–H and O–H groups in total. The second kappa shape index (κ2) is 16.4. The summed E-state index contributed by atoms with van der Waals surface area (Å²) >= 11 is 0. The molecule has 4 aliphatic rings. The molecule has 1 saturated heterocycles. The summed E-state index contributed by atoms with van der Waals surface area (Å²) in [6, 6.07) is 14.3. The molecule has 0 aromatic heterocycles. The zero-order chi connectivity index (χ0) is 36.9.